The second-order valence-corrected chi connectivity index (χ2v) is 26.6. The van der Waals surface area contributed by atoms with Crippen LogP contribution >= 0.6 is 46.1 Å². The highest BCUT2D eigenvalue weighted by molar-refractivity contribution is 7.13. The van der Waals surface area contributed by atoms with E-state index in [9.17, 15) is 28.8 Å². The van der Waals surface area contributed by atoms with Crippen LogP contribution in [-0.4, -0.2) is 140 Å². The van der Waals surface area contributed by atoms with Gasteiger partial charge in [-0.1, -0.05) is 95.5 Å². The van der Waals surface area contributed by atoms with E-state index in [1.165, 1.54) is 17.1 Å². The lowest BCUT2D eigenvalue weighted by atomic mass is 9.79. The summed E-state index contributed by atoms with van der Waals surface area (Å²) in [5.74, 6) is -4.97. The quantitative estimate of drug-likeness (QED) is 0.0455. The summed E-state index contributed by atoms with van der Waals surface area (Å²) in [4.78, 5) is 132. The number of halogens is 3. The number of primary amides is 1. The van der Waals surface area contributed by atoms with Gasteiger partial charge in [-0.2, -0.15) is 0 Å². The van der Waals surface area contributed by atoms with Crippen molar-refractivity contribution in [2.45, 2.75) is 117 Å². The minimum Gasteiger partial charge on any atom is -0.367 e. The molecule has 6 N–H and O–H groups in total. The first-order chi connectivity index (χ1) is 45.3. The lowest BCUT2D eigenvalue weighted by Crippen LogP contribution is -2.70. The summed E-state index contributed by atoms with van der Waals surface area (Å²) < 4.78 is 18.9. The van der Waals surface area contributed by atoms with E-state index < -0.39 is 88.4 Å². The molecule has 484 valence electrons. The summed E-state index contributed by atoms with van der Waals surface area (Å²) in [7, 11) is 0. The van der Waals surface area contributed by atoms with Gasteiger partial charge in [0.25, 0.3) is 17.7 Å². The summed E-state index contributed by atoms with van der Waals surface area (Å²) >= 11 is 20.2. The number of aromatic nitrogens is 2. The Labute approximate surface area is 559 Å². The lowest BCUT2D eigenvalue weighted by molar-refractivity contribution is -0.142. The van der Waals surface area contributed by atoms with E-state index >= 15 is 14.4 Å². The second kappa shape index (κ2) is 27.3. The van der Waals surface area contributed by atoms with Crippen molar-refractivity contribution in [2.24, 2.45) is 5.73 Å². The summed E-state index contributed by atoms with van der Waals surface area (Å²) in [6.07, 6.45) is 10.4. The van der Waals surface area contributed by atoms with Gasteiger partial charge in [0.15, 0.2) is 23.0 Å². The van der Waals surface area contributed by atoms with Crippen molar-refractivity contribution in [1.29, 1.82) is 0 Å². The number of nitrogens with two attached hydrogens (primary N) is 1. The predicted octanol–water partition coefficient (Wildman–Crippen LogP) is 7.91. The molecule has 6 amide bonds. The number of nitrogens with zero attached hydrogens (tertiary/aromatic N) is 3. The molecule has 13 rings (SSSR count). The van der Waals surface area contributed by atoms with Gasteiger partial charge < -0.3 is 50.7 Å². The van der Waals surface area contributed by atoms with Gasteiger partial charge in [0.2, 0.25) is 17.7 Å². The molecule has 0 bridgehead atoms. The van der Waals surface area contributed by atoms with Gasteiger partial charge in [-0.05, 0) is 158 Å². The second-order valence-electron chi connectivity index (χ2n) is 24.3. The van der Waals surface area contributed by atoms with Gasteiger partial charge in [-0.3, -0.25) is 43.2 Å². The Balaban J connectivity index is 0.000000206. The van der Waals surface area contributed by atoms with Gasteiger partial charge in [-0.25, -0.2) is 4.98 Å². The third-order valence-corrected chi connectivity index (χ3v) is 20.4. The molecule has 0 radical (unpaired) electrons. The number of ether oxygens (including phenoxy) is 3. The number of thiophene rings is 1. The molecule has 2 aromatic heterocycles. The lowest BCUT2D eigenvalue weighted by Gasteiger charge is -2.41. The number of benzene rings is 5. The van der Waals surface area contributed by atoms with Crippen LogP contribution in [0, 0.1) is 0 Å². The summed E-state index contributed by atoms with van der Waals surface area (Å²) in [5.41, 5.74) is 3.92. The normalized spacial score (nSPS) is 24.1. The molecule has 20 nitrogen and oxygen atoms in total. The molecule has 2 saturated carbocycles. The maximum atomic E-state index is 15.4. The zero-order chi connectivity index (χ0) is 65.9. The summed E-state index contributed by atoms with van der Waals surface area (Å²) in [6.45, 7) is -0.661. The molecule has 3 aliphatic carbocycles. The first-order valence-corrected chi connectivity index (χ1v) is 32.8. The average molecular weight is 1350 g/mol. The Morgan fingerprint density at radius 1 is 0.638 bits per heavy atom. The molecule has 9 atom stereocenters. The summed E-state index contributed by atoms with van der Waals surface area (Å²) in [6, 6.07) is 34.5. The Morgan fingerprint density at radius 2 is 1.17 bits per heavy atom. The first-order valence-electron chi connectivity index (χ1n) is 30.8. The van der Waals surface area contributed by atoms with Crippen molar-refractivity contribution < 1.29 is 57.4 Å². The van der Waals surface area contributed by atoms with Gasteiger partial charge in [0.05, 0.1) is 18.5 Å². The average Bonchev–Trinajstić information content (AvgIpc) is 1.55. The van der Waals surface area contributed by atoms with E-state index in [1.807, 2.05) is 41.8 Å². The molecular formula is C70H65Cl3N8O12S. The maximum Gasteiger partial charge on any atom is 0.256 e. The van der Waals surface area contributed by atoms with Gasteiger partial charge in [-0.15, -0.1) is 11.3 Å². The van der Waals surface area contributed by atoms with Crippen LogP contribution in [0.2, 0.25) is 15.1 Å². The standard InChI is InChI=1S/C43H40Cl2N6O8.C27H25ClN2O4S/c44-29-10-4-26(5-11-29)21-32(37(54)48-41-16-1-3-36(41)58-23-34(41)52)51(39(56)28-8-14-31(15-9-28)50-20-19-47-25-50)33(22-27-6-12-30(45)13-7-27)38(55)49-42-17-2-18-43(42,40(46)57)59-24-35(42)53;28-20-11-5-17(6-12-20)15-21(26(33)30-27-13-1-4-24(27)34-16-23(27)31)29-25(32)19-9-7-18(8-10-19)22-3-2-14-35-22/h2,4-15,18-20,25,32-33,36H,1,3,16-17,21-24H2,(H2,46,57)(H,48,54)(H,49,55);2-3,5-12,14,21,24H,1,4,13,15-16H2,(H,29,32)(H,30,33). The highest BCUT2D eigenvalue weighted by atomic mass is 35.5. The van der Waals surface area contributed by atoms with Crippen molar-refractivity contribution in [3.05, 3.63) is 213 Å². The number of ketones is 3. The maximum absolute atomic E-state index is 15.4. The number of fused-ring (bicyclic) bond motifs is 3. The molecule has 3 aliphatic heterocycles. The SMILES string of the molecule is NC(=O)C12C=CCC1(NC(=O)C(Cc1ccc(Cl)cc1)N(C(=O)c1ccc(-n3ccnc3)cc1)C(Cc1ccc(Cl)cc1)C(=O)NC13CCCC1OCC3=O)C(=O)CO2.O=C(NC(Cc1ccc(Cl)cc1)C(=O)NC12CCCC1OCC2=O)c1ccc(-c2cccs2)cc1. The molecule has 5 heterocycles. The Morgan fingerprint density at radius 3 is 1.69 bits per heavy atom. The van der Waals surface area contributed by atoms with Crippen LogP contribution in [0.4, 0.5) is 0 Å². The number of hydrogen-bond acceptors (Lipinski definition) is 14. The molecule has 94 heavy (non-hydrogen) atoms. The topological polar surface area (TPSA) is 277 Å². The smallest absolute Gasteiger partial charge is 0.256 e. The number of hydrogen-bond donors (Lipinski definition) is 5. The molecule has 7 aromatic rings. The monoisotopic (exact) mass is 1350 g/mol. The summed E-state index contributed by atoms with van der Waals surface area (Å²) in [5, 5.41) is 15.1. The molecule has 5 aromatic carbocycles. The number of Topliss-reactive ketones (excluding diaryl/α,β-unsaturated/α-hetero) is 3. The van der Waals surface area contributed by atoms with E-state index in [2.05, 4.69) is 26.3 Å². The van der Waals surface area contributed by atoms with Crippen LogP contribution in [-0.2, 0) is 67.0 Å². The Hall–Kier alpha value is -8.67. The van der Waals surface area contributed by atoms with Crippen molar-refractivity contribution >= 4 is 98.9 Å². The molecule has 6 aliphatic rings. The number of imidazole rings is 1. The first kappa shape index (κ1) is 65.4. The van der Waals surface area contributed by atoms with Crippen molar-refractivity contribution in [1.82, 2.24) is 35.7 Å². The minimum atomic E-state index is -1.98. The van der Waals surface area contributed by atoms with Crippen molar-refractivity contribution in [3.63, 3.8) is 0 Å². The Bertz CT molecular complexity index is 4070. The predicted molar refractivity (Wildman–Crippen MR) is 350 cm³/mol. The van der Waals surface area contributed by atoms with Crippen LogP contribution in [0.3, 0.4) is 0 Å². The number of carbonyl (C=O) groups is 9. The van der Waals surface area contributed by atoms with E-state index in [0.29, 0.717) is 63.1 Å². The third-order valence-electron chi connectivity index (χ3n) is 18.8. The highest BCUT2D eigenvalue weighted by Gasteiger charge is 2.67. The van der Waals surface area contributed by atoms with E-state index in [4.69, 9.17) is 54.7 Å². The van der Waals surface area contributed by atoms with Crippen molar-refractivity contribution in [3.8, 4) is 16.1 Å². The van der Waals surface area contributed by atoms with Crippen LogP contribution in [0.15, 0.2) is 170 Å². The van der Waals surface area contributed by atoms with E-state index in [-0.39, 0.29) is 68.0 Å². The van der Waals surface area contributed by atoms with Crippen LogP contribution < -0.4 is 27.0 Å². The molecular weight excluding hydrogens is 1280 g/mol. The fourth-order valence-corrected chi connectivity index (χ4v) is 14.8. The van der Waals surface area contributed by atoms with Gasteiger partial charge in [0.1, 0.15) is 54.6 Å². The third kappa shape index (κ3) is 12.9. The minimum absolute atomic E-state index is 0.00967. The highest BCUT2D eigenvalue weighted by Crippen LogP contribution is 2.44. The molecule has 3 saturated heterocycles. The number of nitrogens with one attached hydrogen (secondary N) is 4. The molecule has 5 fully saturated rings. The van der Waals surface area contributed by atoms with E-state index in [0.717, 1.165) is 28.8 Å². The van der Waals surface area contributed by atoms with Crippen LogP contribution in [0.1, 0.15) is 82.4 Å². The molecule has 9 unspecified atom stereocenters. The van der Waals surface area contributed by atoms with Crippen LogP contribution in [0.25, 0.3) is 16.1 Å². The van der Waals surface area contributed by atoms with Gasteiger partial charge >= 0.3 is 0 Å². The Kier molecular flexibility index (Phi) is 19.0. The van der Waals surface area contributed by atoms with E-state index in [1.54, 1.807) is 132 Å². The largest absolute Gasteiger partial charge is 0.367 e. The van der Waals surface area contributed by atoms with Crippen molar-refractivity contribution in [2.75, 3.05) is 19.8 Å². The van der Waals surface area contributed by atoms with Crippen LogP contribution in [0.5, 0.6) is 0 Å². The zero-order valence-electron chi connectivity index (χ0n) is 50.6. The number of carbonyl (C=O) groups excluding carboxylic acids is 9. The number of rotatable bonds is 20. The molecule has 24 heteroatoms. The fourth-order valence-electron chi connectivity index (χ4n) is 13.7. The zero-order valence-corrected chi connectivity index (χ0v) is 53.7. The van der Waals surface area contributed by atoms with Gasteiger partial charge in [0, 0.05) is 68.4 Å². The number of amides is 6. The fraction of sp³-hybridized carbons (Fsp3) is 0.314. The molecule has 0 spiro atoms.